The third-order valence-electron chi connectivity index (χ3n) is 3.20. The number of hydrogen-bond donors (Lipinski definition) is 2. The SMILES string of the molecule is CCC(C)C(=O)Nc1ccc2c(c1)c(=O)[nH]n2C. The van der Waals surface area contributed by atoms with Crippen molar-refractivity contribution in [2.45, 2.75) is 20.3 Å². The smallest absolute Gasteiger partial charge is 0.272 e. The van der Waals surface area contributed by atoms with E-state index in [0.717, 1.165) is 11.9 Å². The molecular weight excluding hydrogens is 230 g/mol. The molecule has 0 bridgehead atoms. The van der Waals surface area contributed by atoms with Crippen LogP contribution in [0, 0.1) is 5.92 Å². The molecule has 18 heavy (non-hydrogen) atoms. The van der Waals surface area contributed by atoms with Crippen LogP contribution >= 0.6 is 0 Å². The Labute approximate surface area is 105 Å². The Morgan fingerprint density at radius 1 is 1.50 bits per heavy atom. The third-order valence-corrected chi connectivity index (χ3v) is 3.20. The van der Waals surface area contributed by atoms with Gasteiger partial charge < -0.3 is 5.32 Å². The lowest BCUT2D eigenvalue weighted by Gasteiger charge is -2.09. The average molecular weight is 247 g/mol. The van der Waals surface area contributed by atoms with Crippen LogP contribution in [0.5, 0.6) is 0 Å². The predicted octanol–water partition coefficient (Wildman–Crippen LogP) is 1.85. The fourth-order valence-electron chi connectivity index (χ4n) is 1.81. The lowest BCUT2D eigenvalue weighted by Crippen LogP contribution is -2.19. The van der Waals surface area contributed by atoms with E-state index in [1.54, 1.807) is 23.9 Å². The molecule has 0 saturated heterocycles. The van der Waals surface area contributed by atoms with E-state index in [-0.39, 0.29) is 17.4 Å². The van der Waals surface area contributed by atoms with Crippen molar-refractivity contribution in [2.24, 2.45) is 13.0 Å². The highest BCUT2D eigenvalue weighted by atomic mass is 16.2. The molecule has 0 radical (unpaired) electrons. The summed E-state index contributed by atoms with van der Waals surface area (Å²) in [6.07, 6.45) is 0.792. The molecule has 0 fully saturated rings. The van der Waals surface area contributed by atoms with E-state index in [1.807, 2.05) is 19.9 Å². The standard InChI is InChI=1S/C13H17N3O2/c1-4-8(2)12(17)14-9-5-6-11-10(7-9)13(18)15-16(11)3/h5-8H,4H2,1-3H3,(H,14,17)(H,15,18). The largest absolute Gasteiger partial charge is 0.326 e. The molecule has 0 saturated carbocycles. The Balaban J connectivity index is 2.33. The summed E-state index contributed by atoms with van der Waals surface area (Å²) in [5.41, 5.74) is 1.33. The van der Waals surface area contributed by atoms with Crippen LogP contribution in [-0.2, 0) is 11.8 Å². The highest BCUT2D eigenvalue weighted by Gasteiger charge is 2.11. The van der Waals surface area contributed by atoms with Crippen molar-refractivity contribution in [3.05, 3.63) is 28.6 Å². The normalized spacial score (nSPS) is 12.6. The second-order valence-electron chi connectivity index (χ2n) is 4.53. The summed E-state index contributed by atoms with van der Waals surface area (Å²) >= 11 is 0. The zero-order chi connectivity index (χ0) is 13.3. The highest BCUT2D eigenvalue weighted by Crippen LogP contribution is 2.16. The van der Waals surface area contributed by atoms with Crippen LogP contribution in [0.3, 0.4) is 0 Å². The highest BCUT2D eigenvalue weighted by molar-refractivity contribution is 5.94. The monoisotopic (exact) mass is 247 g/mol. The van der Waals surface area contributed by atoms with Crippen LogP contribution in [0.15, 0.2) is 23.0 Å². The first-order valence-electron chi connectivity index (χ1n) is 6.02. The van der Waals surface area contributed by atoms with Crippen molar-refractivity contribution < 1.29 is 4.79 Å². The van der Waals surface area contributed by atoms with Gasteiger partial charge in [-0.05, 0) is 24.6 Å². The van der Waals surface area contributed by atoms with Gasteiger partial charge in [-0.3, -0.25) is 19.4 Å². The quantitative estimate of drug-likeness (QED) is 0.869. The Morgan fingerprint density at radius 2 is 2.22 bits per heavy atom. The summed E-state index contributed by atoms with van der Waals surface area (Å²) in [6, 6.07) is 5.32. The second kappa shape index (κ2) is 4.68. The van der Waals surface area contributed by atoms with Gasteiger partial charge in [-0.1, -0.05) is 13.8 Å². The minimum atomic E-state index is -0.146. The van der Waals surface area contributed by atoms with Crippen LogP contribution in [0.1, 0.15) is 20.3 Å². The van der Waals surface area contributed by atoms with Gasteiger partial charge >= 0.3 is 0 Å². The van der Waals surface area contributed by atoms with E-state index in [2.05, 4.69) is 10.4 Å². The van der Waals surface area contributed by atoms with Crippen molar-refractivity contribution in [1.29, 1.82) is 0 Å². The van der Waals surface area contributed by atoms with Crippen molar-refractivity contribution >= 4 is 22.5 Å². The fraction of sp³-hybridized carbons (Fsp3) is 0.385. The molecule has 1 heterocycles. The molecule has 1 atom stereocenters. The van der Waals surface area contributed by atoms with E-state index < -0.39 is 0 Å². The first-order valence-corrected chi connectivity index (χ1v) is 6.02. The first kappa shape index (κ1) is 12.4. The molecule has 5 heteroatoms. The van der Waals surface area contributed by atoms with Crippen molar-refractivity contribution in [1.82, 2.24) is 9.78 Å². The Morgan fingerprint density at radius 3 is 2.89 bits per heavy atom. The number of fused-ring (bicyclic) bond motifs is 1. The van der Waals surface area contributed by atoms with E-state index in [9.17, 15) is 9.59 Å². The summed E-state index contributed by atoms with van der Waals surface area (Å²) < 4.78 is 1.66. The Bertz CT molecular complexity index is 639. The van der Waals surface area contributed by atoms with Crippen LogP contribution < -0.4 is 10.9 Å². The molecular formula is C13H17N3O2. The maximum Gasteiger partial charge on any atom is 0.272 e. The number of anilines is 1. The maximum atomic E-state index is 11.8. The number of nitrogens with one attached hydrogen (secondary N) is 2. The van der Waals surface area contributed by atoms with Crippen molar-refractivity contribution in [3.63, 3.8) is 0 Å². The zero-order valence-electron chi connectivity index (χ0n) is 10.8. The third kappa shape index (κ3) is 2.16. The summed E-state index contributed by atoms with van der Waals surface area (Å²) in [5.74, 6) is -0.0565. The van der Waals surface area contributed by atoms with Crippen LogP contribution in [0.4, 0.5) is 5.69 Å². The average Bonchev–Trinajstić information content (AvgIpc) is 2.63. The van der Waals surface area contributed by atoms with E-state index >= 15 is 0 Å². The molecule has 96 valence electrons. The van der Waals surface area contributed by atoms with Gasteiger partial charge in [0.25, 0.3) is 5.56 Å². The van der Waals surface area contributed by atoms with Crippen molar-refractivity contribution in [2.75, 3.05) is 5.32 Å². The first-order chi connectivity index (χ1) is 8.52. The molecule has 5 nitrogen and oxygen atoms in total. The van der Waals surface area contributed by atoms with E-state index in [1.165, 1.54) is 0 Å². The molecule has 1 aromatic carbocycles. The molecule has 1 aromatic heterocycles. The fourth-order valence-corrected chi connectivity index (χ4v) is 1.81. The second-order valence-corrected chi connectivity index (χ2v) is 4.53. The molecule has 2 N–H and O–H groups in total. The zero-order valence-corrected chi connectivity index (χ0v) is 10.8. The van der Waals surface area contributed by atoms with Gasteiger partial charge in [0, 0.05) is 18.7 Å². The number of carbonyl (C=O) groups is 1. The van der Waals surface area contributed by atoms with E-state index in [4.69, 9.17) is 0 Å². The molecule has 1 unspecified atom stereocenters. The van der Waals surface area contributed by atoms with Gasteiger partial charge in [-0.15, -0.1) is 0 Å². The number of aromatic nitrogens is 2. The number of hydrogen-bond acceptors (Lipinski definition) is 2. The lowest BCUT2D eigenvalue weighted by atomic mass is 10.1. The summed E-state index contributed by atoms with van der Waals surface area (Å²) in [7, 11) is 1.78. The van der Waals surface area contributed by atoms with E-state index in [0.29, 0.717) is 11.1 Å². The number of H-pyrrole nitrogens is 1. The molecule has 0 aliphatic rings. The Kier molecular flexibility index (Phi) is 3.23. The number of carbonyl (C=O) groups excluding carboxylic acids is 1. The maximum absolute atomic E-state index is 11.8. The number of nitrogens with zero attached hydrogens (tertiary/aromatic N) is 1. The molecule has 0 aliphatic heterocycles. The number of aryl methyl sites for hydroxylation is 1. The Hall–Kier alpha value is -2.04. The van der Waals surface area contributed by atoms with Gasteiger partial charge in [0.15, 0.2) is 0 Å². The number of amides is 1. The summed E-state index contributed by atoms with van der Waals surface area (Å²) in [5, 5.41) is 6.08. The van der Waals surface area contributed by atoms with Crippen molar-refractivity contribution in [3.8, 4) is 0 Å². The summed E-state index contributed by atoms with van der Waals surface area (Å²) in [6.45, 7) is 3.85. The molecule has 2 rings (SSSR count). The number of rotatable bonds is 3. The molecule has 0 spiro atoms. The lowest BCUT2D eigenvalue weighted by molar-refractivity contribution is -0.119. The van der Waals surface area contributed by atoms with Crippen LogP contribution in [0.25, 0.3) is 10.9 Å². The predicted molar refractivity (Wildman–Crippen MR) is 71.6 cm³/mol. The summed E-state index contributed by atoms with van der Waals surface area (Å²) in [4.78, 5) is 23.4. The van der Waals surface area contributed by atoms with Gasteiger partial charge in [-0.2, -0.15) is 0 Å². The minimum absolute atomic E-state index is 0.0239. The minimum Gasteiger partial charge on any atom is -0.326 e. The van der Waals surface area contributed by atoms with Gasteiger partial charge in [0.2, 0.25) is 5.91 Å². The van der Waals surface area contributed by atoms with Crippen LogP contribution in [-0.4, -0.2) is 15.7 Å². The number of aromatic amines is 1. The molecule has 1 amide bonds. The molecule has 0 aliphatic carbocycles. The van der Waals surface area contributed by atoms with Gasteiger partial charge in [0.1, 0.15) is 0 Å². The topological polar surface area (TPSA) is 66.9 Å². The number of benzene rings is 1. The van der Waals surface area contributed by atoms with Gasteiger partial charge in [0.05, 0.1) is 10.9 Å². The molecule has 2 aromatic rings. The van der Waals surface area contributed by atoms with Gasteiger partial charge in [-0.25, -0.2) is 0 Å². The van der Waals surface area contributed by atoms with Crippen LogP contribution in [0.2, 0.25) is 0 Å².